The summed E-state index contributed by atoms with van der Waals surface area (Å²) < 4.78 is 5.35. The molecule has 3 aliphatic rings. The summed E-state index contributed by atoms with van der Waals surface area (Å²) in [5.74, 6) is 2.13. The quantitative estimate of drug-likeness (QED) is 0.749. The summed E-state index contributed by atoms with van der Waals surface area (Å²) in [7, 11) is 0. The Morgan fingerprint density at radius 2 is 1.87 bits per heavy atom. The lowest BCUT2D eigenvalue weighted by molar-refractivity contribution is -0.141. The lowest BCUT2D eigenvalue weighted by Crippen LogP contribution is -2.47. The third-order valence-corrected chi connectivity index (χ3v) is 6.07. The van der Waals surface area contributed by atoms with Crippen LogP contribution in [0.1, 0.15) is 39.5 Å². The van der Waals surface area contributed by atoms with Crippen molar-refractivity contribution in [3.63, 3.8) is 0 Å². The molecular formula is C19H32N2O2. The van der Waals surface area contributed by atoms with E-state index >= 15 is 0 Å². The lowest BCUT2D eigenvalue weighted by Gasteiger charge is -2.38. The lowest BCUT2D eigenvalue weighted by atomic mass is 9.79. The van der Waals surface area contributed by atoms with Crippen molar-refractivity contribution in [2.24, 2.45) is 17.8 Å². The van der Waals surface area contributed by atoms with Gasteiger partial charge in [0, 0.05) is 25.6 Å². The van der Waals surface area contributed by atoms with Gasteiger partial charge in [0.15, 0.2) is 0 Å². The molecule has 0 N–H and O–H groups in total. The third kappa shape index (κ3) is 4.16. The van der Waals surface area contributed by atoms with Gasteiger partial charge in [0.25, 0.3) is 0 Å². The van der Waals surface area contributed by atoms with Crippen LogP contribution < -0.4 is 0 Å². The predicted molar refractivity (Wildman–Crippen MR) is 92.2 cm³/mol. The van der Waals surface area contributed by atoms with Crippen molar-refractivity contribution in [2.45, 2.75) is 39.5 Å². The highest BCUT2D eigenvalue weighted by Gasteiger charge is 2.31. The second-order valence-electron chi connectivity index (χ2n) is 7.62. The first kappa shape index (κ1) is 17.0. The van der Waals surface area contributed by atoms with Crippen molar-refractivity contribution in [1.29, 1.82) is 0 Å². The maximum atomic E-state index is 12.6. The van der Waals surface area contributed by atoms with Crippen molar-refractivity contribution in [1.82, 2.24) is 9.80 Å². The number of likely N-dealkylation sites (tertiary alicyclic amines) is 1. The molecule has 2 heterocycles. The summed E-state index contributed by atoms with van der Waals surface area (Å²) in [5.41, 5.74) is 1.58. The summed E-state index contributed by atoms with van der Waals surface area (Å²) in [6.45, 7) is 11.0. The van der Waals surface area contributed by atoms with E-state index < -0.39 is 0 Å². The van der Waals surface area contributed by atoms with E-state index in [-0.39, 0.29) is 5.92 Å². The molecule has 0 spiro atoms. The van der Waals surface area contributed by atoms with Gasteiger partial charge in [0.1, 0.15) is 0 Å². The number of hydrogen-bond acceptors (Lipinski definition) is 3. The predicted octanol–water partition coefficient (Wildman–Crippen LogP) is 2.55. The van der Waals surface area contributed by atoms with E-state index in [1.54, 1.807) is 5.57 Å². The van der Waals surface area contributed by atoms with Gasteiger partial charge < -0.3 is 14.5 Å². The molecule has 4 nitrogen and oxygen atoms in total. The first-order valence-electron chi connectivity index (χ1n) is 9.40. The van der Waals surface area contributed by atoms with Crippen molar-refractivity contribution in [3.8, 4) is 0 Å². The molecule has 0 radical (unpaired) electrons. The molecular weight excluding hydrogens is 288 g/mol. The average molecular weight is 320 g/mol. The normalized spacial score (nSPS) is 31.0. The Balaban J connectivity index is 1.47. The van der Waals surface area contributed by atoms with Crippen LogP contribution in [0.25, 0.3) is 0 Å². The van der Waals surface area contributed by atoms with Crippen LogP contribution in [0.15, 0.2) is 11.6 Å². The van der Waals surface area contributed by atoms with E-state index in [2.05, 4.69) is 24.8 Å². The van der Waals surface area contributed by atoms with E-state index in [4.69, 9.17) is 4.74 Å². The molecule has 130 valence electrons. The number of rotatable bonds is 3. The standard InChI is InChI=1S/C19H32N2O2/c1-15-4-3-5-16(2)18(15)14-20-8-6-17(7-9-20)19(22)21-10-12-23-13-11-21/h4,16-18H,3,5-14H2,1-2H3. The molecule has 1 amide bonds. The van der Waals surface area contributed by atoms with Crippen molar-refractivity contribution < 1.29 is 9.53 Å². The van der Waals surface area contributed by atoms with Crippen LogP contribution in [0.4, 0.5) is 0 Å². The Bertz CT molecular complexity index is 435. The van der Waals surface area contributed by atoms with Crippen LogP contribution in [-0.4, -0.2) is 61.6 Å². The topological polar surface area (TPSA) is 32.8 Å². The summed E-state index contributed by atoms with van der Waals surface area (Å²) in [5, 5.41) is 0. The van der Waals surface area contributed by atoms with Crippen molar-refractivity contribution >= 4 is 5.91 Å². The highest BCUT2D eigenvalue weighted by Crippen LogP contribution is 2.32. The molecule has 0 aromatic carbocycles. The molecule has 23 heavy (non-hydrogen) atoms. The number of piperidine rings is 1. The van der Waals surface area contributed by atoms with E-state index in [1.807, 2.05) is 4.90 Å². The van der Waals surface area contributed by atoms with Crippen LogP contribution in [0.2, 0.25) is 0 Å². The monoisotopic (exact) mass is 320 g/mol. The molecule has 3 rings (SSSR count). The Labute approximate surface area is 140 Å². The fourth-order valence-electron chi connectivity index (χ4n) is 4.38. The largest absolute Gasteiger partial charge is 0.378 e. The van der Waals surface area contributed by atoms with Gasteiger partial charge in [-0.1, -0.05) is 18.6 Å². The van der Waals surface area contributed by atoms with Gasteiger partial charge in [-0.15, -0.1) is 0 Å². The van der Waals surface area contributed by atoms with E-state index in [9.17, 15) is 4.79 Å². The average Bonchev–Trinajstić information content (AvgIpc) is 2.59. The van der Waals surface area contributed by atoms with E-state index in [0.29, 0.717) is 19.1 Å². The van der Waals surface area contributed by atoms with Gasteiger partial charge in [0.2, 0.25) is 5.91 Å². The van der Waals surface area contributed by atoms with Gasteiger partial charge in [-0.05, 0) is 57.5 Å². The number of carbonyl (C=O) groups excluding carboxylic acids is 1. The fraction of sp³-hybridized carbons (Fsp3) is 0.842. The number of amides is 1. The smallest absolute Gasteiger partial charge is 0.225 e. The molecule has 0 bridgehead atoms. The minimum absolute atomic E-state index is 0.241. The molecule has 0 aromatic heterocycles. The SMILES string of the molecule is CC1=CCCC(C)C1CN1CCC(C(=O)N2CCOCC2)CC1. The van der Waals surface area contributed by atoms with E-state index in [0.717, 1.165) is 50.9 Å². The van der Waals surface area contributed by atoms with Gasteiger partial charge in [-0.2, -0.15) is 0 Å². The summed E-state index contributed by atoms with van der Waals surface area (Å²) >= 11 is 0. The minimum Gasteiger partial charge on any atom is -0.378 e. The Morgan fingerprint density at radius 1 is 1.17 bits per heavy atom. The molecule has 0 aromatic rings. The van der Waals surface area contributed by atoms with Crippen LogP contribution >= 0.6 is 0 Å². The molecule has 2 unspecified atom stereocenters. The minimum atomic E-state index is 0.241. The number of carbonyl (C=O) groups is 1. The van der Waals surface area contributed by atoms with Gasteiger partial charge >= 0.3 is 0 Å². The van der Waals surface area contributed by atoms with Gasteiger partial charge in [-0.3, -0.25) is 4.79 Å². The molecule has 4 heteroatoms. The second-order valence-corrected chi connectivity index (χ2v) is 7.62. The number of allylic oxidation sites excluding steroid dienone is 1. The second kappa shape index (κ2) is 7.80. The third-order valence-electron chi connectivity index (χ3n) is 6.07. The molecule has 2 aliphatic heterocycles. The summed E-state index contributed by atoms with van der Waals surface area (Å²) in [6, 6.07) is 0. The van der Waals surface area contributed by atoms with Crippen LogP contribution in [0, 0.1) is 17.8 Å². The Morgan fingerprint density at radius 3 is 2.52 bits per heavy atom. The highest BCUT2D eigenvalue weighted by atomic mass is 16.5. The first-order chi connectivity index (χ1) is 11.1. The molecule has 1 aliphatic carbocycles. The van der Waals surface area contributed by atoms with E-state index in [1.165, 1.54) is 19.4 Å². The summed E-state index contributed by atoms with van der Waals surface area (Å²) in [4.78, 5) is 17.2. The maximum Gasteiger partial charge on any atom is 0.225 e. The Hall–Kier alpha value is -0.870. The fourth-order valence-corrected chi connectivity index (χ4v) is 4.38. The van der Waals surface area contributed by atoms with Crippen LogP contribution in [0.5, 0.6) is 0 Å². The van der Waals surface area contributed by atoms with Crippen molar-refractivity contribution in [2.75, 3.05) is 45.9 Å². The highest BCUT2D eigenvalue weighted by molar-refractivity contribution is 5.79. The molecule has 2 atom stereocenters. The number of hydrogen-bond donors (Lipinski definition) is 0. The van der Waals surface area contributed by atoms with Crippen LogP contribution in [0.3, 0.4) is 0 Å². The number of ether oxygens (including phenoxy) is 1. The molecule has 2 saturated heterocycles. The zero-order valence-corrected chi connectivity index (χ0v) is 14.8. The first-order valence-corrected chi connectivity index (χ1v) is 9.40. The van der Waals surface area contributed by atoms with Gasteiger partial charge in [-0.25, -0.2) is 0 Å². The zero-order chi connectivity index (χ0) is 16.2. The zero-order valence-electron chi connectivity index (χ0n) is 14.8. The maximum absolute atomic E-state index is 12.6. The van der Waals surface area contributed by atoms with Gasteiger partial charge in [0.05, 0.1) is 13.2 Å². The molecule has 2 fully saturated rings. The Kier molecular flexibility index (Phi) is 5.76. The van der Waals surface area contributed by atoms with Crippen molar-refractivity contribution in [3.05, 3.63) is 11.6 Å². The number of nitrogens with zero attached hydrogens (tertiary/aromatic N) is 2. The van der Waals surface area contributed by atoms with Crippen LogP contribution in [-0.2, 0) is 9.53 Å². The summed E-state index contributed by atoms with van der Waals surface area (Å²) in [6.07, 6.45) is 7.06. The molecule has 0 saturated carbocycles. The number of morpholine rings is 1.